The molecule has 4 aliphatic carbocycles. The molecule has 25 heavy (non-hydrogen) atoms. The minimum Gasteiger partial charge on any atom is -0.381 e. The van der Waals surface area contributed by atoms with Gasteiger partial charge in [-0.1, -0.05) is 6.92 Å². The lowest BCUT2D eigenvalue weighted by atomic mass is 9.46. The molecule has 0 spiro atoms. The Kier molecular flexibility index (Phi) is 4.81. The summed E-state index contributed by atoms with van der Waals surface area (Å²) in [7, 11) is 1.90. The van der Waals surface area contributed by atoms with Crippen LogP contribution in [0.3, 0.4) is 0 Å². The van der Waals surface area contributed by atoms with Crippen molar-refractivity contribution in [1.82, 2.24) is 0 Å². The van der Waals surface area contributed by atoms with Crippen molar-refractivity contribution in [3.63, 3.8) is 0 Å². The lowest BCUT2D eigenvalue weighted by molar-refractivity contribution is -0.125. The van der Waals surface area contributed by atoms with E-state index in [0.717, 1.165) is 30.1 Å². The maximum atomic E-state index is 12.4. The largest absolute Gasteiger partial charge is 0.381 e. The molecule has 2 nitrogen and oxygen atoms in total. The average Bonchev–Trinajstić information content (AvgIpc) is 3.01. The third-order valence-corrected chi connectivity index (χ3v) is 10.8. The van der Waals surface area contributed by atoms with Gasteiger partial charge in [0.2, 0.25) is 0 Å². The van der Waals surface area contributed by atoms with Crippen molar-refractivity contribution in [1.29, 1.82) is 0 Å². The summed E-state index contributed by atoms with van der Waals surface area (Å²) >= 11 is 2.05. The number of carbonyl (C=O) groups excluding carboxylic acids is 1. The molecule has 0 aromatic carbocycles. The Bertz CT molecular complexity index is 534. The SMILES string of the molecule is COC1CCC2(C)C(CCC3C2CCC2(SC)C(C(C)=O)CCC32)C1. The molecule has 4 rings (SSSR count). The van der Waals surface area contributed by atoms with Crippen LogP contribution >= 0.6 is 11.8 Å². The summed E-state index contributed by atoms with van der Waals surface area (Å²) in [5.74, 6) is 4.18. The van der Waals surface area contributed by atoms with Crippen LogP contribution in [0.25, 0.3) is 0 Å². The first kappa shape index (κ1) is 18.3. The Morgan fingerprint density at radius 3 is 2.52 bits per heavy atom. The fourth-order valence-corrected chi connectivity index (χ4v) is 9.48. The molecule has 0 amide bonds. The van der Waals surface area contributed by atoms with Gasteiger partial charge in [-0.25, -0.2) is 0 Å². The summed E-state index contributed by atoms with van der Waals surface area (Å²) < 4.78 is 5.99. The van der Waals surface area contributed by atoms with E-state index >= 15 is 0 Å². The highest BCUT2D eigenvalue weighted by Crippen LogP contribution is 2.67. The minimum absolute atomic E-state index is 0.264. The Hall–Kier alpha value is -0.0200. The van der Waals surface area contributed by atoms with Crippen molar-refractivity contribution in [2.75, 3.05) is 13.4 Å². The van der Waals surface area contributed by atoms with Crippen molar-refractivity contribution >= 4 is 17.5 Å². The van der Waals surface area contributed by atoms with Crippen molar-refractivity contribution in [2.45, 2.75) is 82.5 Å². The monoisotopic (exact) mass is 364 g/mol. The molecule has 4 fully saturated rings. The number of ketones is 1. The van der Waals surface area contributed by atoms with Gasteiger partial charge in [0.25, 0.3) is 0 Å². The standard InChI is InChI=1S/C22H36O2S/c1-14(23)18-7-8-20-17-6-5-15-13-16(24-3)9-11-21(15,2)19(17)10-12-22(18,20)25-4/h15-20H,5-13H2,1-4H3. The zero-order valence-electron chi connectivity index (χ0n) is 16.6. The molecule has 4 saturated carbocycles. The second-order valence-corrected chi connectivity index (χ2v) is 10.9. The topological polar surface area (TPSA) is 26.3 Å². The molecular weight excluding hydrogens is 328 g/mol. The fourth-order valence-electron chi connectivity index (χ4n) is 7.99. The highest BCUT2D eigenvalue weighted by Gasteiger charge is 2.62. The minimum atomic E-state index is 0.264. The van der Waals surface area contributed by atoms with Gasteiger partial charge in [-0.05, 0) is 100 Å². The Labute approximate surface area is 158 Å². The number of fused-ring (bicyclic) bond motifs is 5. The molecular formula is C22H36O2S. The number of hydrogen-bond donors (Lipinski definition) is 0. The number of Topliss-reactive ketones (excluding diaryl/α,β-unsaturated/α-hetero) is 1. The highest BCUT2D eigenvalue weighted by molar-refractivity contribution is 8.00. The van der Waals surface area contributed by atoms with E-state index in [0.29, 0.717) is 23.2 Å². The fraction of sp³-hybridized carbons (Fsp3) is 0.955. The van der Waals surface area contributed by atoms with E-state index in [2.05, 4.69) is 13.2 Å². The molecule has 0 aromatic rings. The molecule has 142 valence electrons. The summed E-state index contributed by atoms with van der Waals surface area (Å²) in [6, 6.07) is 0. The molecule has 0 aromatic heterocycles. The molecule has 0 aliphatic heterocycles. The van der Waals surface area contributed by atoms with E-state index in [1.807, 2.05) is 25.8 Å². The molecule has 8 atom stereocenters. The van der Waals surface area contributed by atoms with E-state index in [1.165, 1.54) is 51.4 Å². The van der Waals surface area contributed by atoms with E-state index in [4.69, 9.17) is 4.74 Å². The van der Waals surface area contributed by atoms with Crippen LogP contribution in [0, 0.1) is 35.0 Å². The van der Waals surface area contributed by atoms with Gasteiger partial charge in [-0.2, -0.15) is 11.8 Å². The van der Waals surface area contributed by atoms with E-state index < -0.39 is 0 Å². The zero-order valence-corrected chi connectivity index (χ0v) is 17.4. The zero-order chi connectivity index (χ0) is 17.8. The van der Waals surface area contributed by atoms with Gasteiger partial charge < -0.3 is 4.74 Å². The number of methoxy groups -OCH3 is 1. The van der Waals surface area contributed by atoms with Crippen LogP contribution in [-0.4, -0.2) is 30.0 Å². The van der Waals surface area contributed by atoms with Crippen LogP contribution in [0.5, 0.6) is 0 Å². The third kappa shape index (κ3) is 2.58. The maximum absolute atomic E-state index is 12.4. The summed E-state index contributed by atoms with van der Waals surface area (Å²) in [4.78, 5) is 12.4. The first-order chi connectivity index (χ1) is 12.0. The Morgan fingerprint density at radius 1 is 1.04 bits per heavy atom. The van der Waals surface area contributed by atoms with Gasteiger partial charge in [-0.3, -0.25) is 4.79 Å². The number of ether oxygens (including phenoxy) is 1. The molecule has 4 aliphatic rings. The molecule has 0 heterocycles. The Morgan fingerprint density at radius 2 is 1.84 bits per heavy atom. The number of hydrogen-bond acceptors (Lipinski definition) is 3. The number of rotatable bonds is 3. The number of thioether (sulfide) groups is 1. The normalized spacial score (nSPS) is 52.2. The molecule has 0 radical (unpaired) electrons. The quantitative estimate of drug-likeness (QED) is 0.676. The van der Waals surface area contributed by atoms with Gasteiger partial charge >= 0.3 is 0 Å². The van der Waals surface area contributed by atoms with Gasteiger partial charge in [0.1, 0.15) is 5.78 Å². The second kappa shape index (κ2) is 6.55. The van der Waals surface area contributed by atoms with Crippen molar-refractivity contribution < 1.29 is 9.53 Å². The maximum Gasteiger partial charge on any atom is 0.134 e. The molecule has 3 heteroatoms. The predicted molar refractivity (Wildman–Crippen MR) is 105 cm³/mol. The first-order valence-corrected chi connectivity index (χ1v) is 11.8. The molecule has 8 unspecified atom stereocenters. The van der Waals surface area contributed by atoms with Gasteiger partial charge in [0, 0.05) is 17.8 Å². The van der Waals surface area contributed by atoms with Crippen molar-refractivity contribution in [3.8, 4) is 0 Å². The summed E-state index contributed by atoms with van der Waals surface area (Å²) in [5.41, 5.74) is 0.525. The average molecular weight is 365 g/mol. The van der Waals surface area contributed by atoms with Crippen LogP contribution in [0.15, 0.2) is 0 Å². The second-order valence-electron chi connectivity index (χ2n) is 9.73. The van der Waals surface area contributed by atoms with E-state index in [-0.39, 0.29) is 4.75 Å². The van der Waals surface area contributed by atoms with Crippen molar-refractivity contribution in [2.24, 2.45) is 35.0 Å². The van der Waals surface area contributed by atoms with Crippen molar-refractivity contribution in [3.05, 3.63) is 0 Å². The first-order valence-electron chi connectivity index (χ1n) is 10.5. The summed E-state index contributed by atoms with van der Waals surface area (Å²) in [6.07, 6.45) is 14.5. The van der Waals surface area contributed by atoms with E-state index in [1.54, 1.807) is 0 Å². The highest BCUT2D eigenvalue weighted by atomic mass is 32.2. The molecule has 0 N–H and O–H groups in total. The third-order valence-electron chi connectivity index (χ3n) is 9.25. The molecule has 0 bridgehead atoms. The summed E-state index contributed by atoms with van der Waals surface area (Å²) in [5, 5.41) is 0. The van der Waals surface area contributed by atoms with Crippen LogP contribution in [0.4, 0.5) is 0 Å². The lowest BCUT2D eigenvalue weighted by Gasteiger charge is -2.61. The summed E-state index contributed by atoms with van der Waals surface area (Å²) in [6.45, 7) is 4.46. The van der Waals surface area contributed by atoms with Crippen LogP contribution in [-0.2, 0) is 9.53 Å². The van der Waals surface area contributed by atoms with Gasteiger partial charge in [0.05, 0.1) is 6.10 Å². The molecule has 0 saturated heterocycles. The van der Waals surface area contributed by atoms with Crippen LogP contribution < -0.4 is 0 Å². The van der Waals surface area contributed by atoms with E-state index in [9.17, 15) is 4.79 Å². The predicted octanol–water partition coefficient (Wildman–Crippen LogP) is 5.34. The lowest BCUT2D eigenvalue weighted by Crippen LogP contribution is -2.56. The van der Waals surface area contributed by atoms with Crippen LogP contribution in [0.1, 0.15) is 71.6 Å². The van der Waals surface area contributed by atoms with Gasteiger partial charge in [-0.15, -0.1) is 0 Å². The number of carbonyl (C=O) groups is 1. The smallest absolute Gasteiger partial charge is 0.134 e. The Balaban J connectivity index is 1.61. The van der Waals surface area contributed by atoms with Crippen LogP contribution in [0.2, 0.25) is 0 Å². The van der Waals surface area contributed by atoms with Gasteiger partial charge in [0.15, 0.2) is 0 Å².